The van der Waals surface area contributed by atoms with E-state index in [1.807, 2.05) is 0 Å². The maximum Gasteiger partial charge on any atom is 0.0340 e. The van der Waals surface area contributed by atoms with Crippen LogP contribution in [0.3, 0.4) is 0 Å². The molecule has 0 heterocycles. The van der Waals surface area contributed by atoms with Crippen molar-refractivity contribution in [2.24, 2.45) is 16.7 Å². The molecule has 21 heavy (non-hydrogen) atoms. The van der Waals surface area contributed by atoms with E-state index in [2.05, 4.69) is 76.3 Å². The number of para-hydroxylation sites is 1. The highest BCUT2D eigenvalue weighted by Gasteiger charge is 2.36. The highest BCUT2D eigenvalue weighted by molar-refractivity contribution is 5.42. The maximum atomic E-state index is 3.60. The zero-order valence-electron chi connectivity index (χ0n) is 14.4. The van der Waals surface area contributed by atoms with Gasteiger partial charge in [0.1, 0.15) is 0 Å². The molecule has 0 spiro atoms. The van der Waals surface area contributed by atoms with Gasteiger partial charge < -0.3 is 5.32 Å². The van der Waals surface area contributed by atoms with Gasteiger partial charge in [0.15, 0.2) is 0 Å². The standard InChI is InChI=1S/C20H31N/c1-16-10-9-13-20(4,5)18(16)14-19(2,3)15-21-17-11-7-6-8-12-17/h6-8,10-12,18,21H,9,13-15H2,1-5H3. The first-order chi connectivity index (χ1) is 9.80. The lowest BCUT2D eigenvalue weighted by atomic mass is 9.63. The summed E-state index contributed by atoms with van der Waals surface area (Å²) in [7, 11) is 0. The summed E-state index contributed by atoms with van der Waals surface area (Å²) in [5.74, 6) is 0.707. The van der Waals surface area contributed by atoms with Crippen molar-refractivity contribution in [2.75, 3.05) is 11.9 Å². The molecule has 1 N–H and O–H groups in total. The predicted molar refractivity (Wildman–Crippen MR) is 93.6 cm³/mol. The second-order valence-electron chi connectivity index (χ2n) is 8.12. The molecule has 0 fully saturated rings. The Bertz CT molecular complexity index is 482. The number of allylic oxidation sites excluding steroid dienone is 2. The van der Waals surface area contributed by atoms with Crippen LogP contribution in [0.1, 0.15) is 53.9 Å². The van der Waals surface area contributed by atoms with Crippen LogP contribution < -0.4 is 5.32 Å². The van der Waals surface area contributed by atoms with E-state index >= 15 is 0 Å². The van der Waals surface area contributed by atoms with Crippen molar-refractivity contribution in [2.45, 2.75) is 53.9 Å². The number of hydrogen-bond acceptors (Lipinski definition) is 1. The Morgan fingerprint density at radius 3 is 2.48 bits per heavy atom. The van der Waals surface area contributed by atoms with Gasteiger partial charge in [-0.25, -0.2) is 0 Å². The molecule has 0 saturated heterocycles. The lowest BCUT2D eigenvalue weighted by molar-refractivity contribution is 0.153. The van der Waals surface area contributed by atoms with Gasteiger partial charge in [0.25, 0.3) is 0 Å². The Morgan fingerprint density at radius 2 is 1.86 bits per heavy atom. The fourth-order valence-electron chi connectivity index (χ4n) is 3.56. The van der Waals surface area contributed by atoms with E-state index in [9.17, 15) is 0 Å². The average Bonchev–Trinajstić information content (AvgIpc) is 2.42. The smallest absolute Gasteiger partial charge is 0.0340 e. The van der Waals surface area contributed by atoms with Gasteiger partial charge >= 0.3 is 0 Å². The number of nitrogens with one attached hydrogen (secondary N) is 1. The zero-order valence-corrected chi connectivity index (χ0v) is 14.4. The van der Waals surface area contributed by atoms with E-state index in [0.717, 1.165) is 6.54 Å². The molecule has 1 atom stereocenters. The number of anilines is 1. The van der Waals surface area contributed by atoms with Gasteiger partial charge in [0, 0.05) is 12.2 Å². The molecule has 116 valence electrons. The molecule has 1 heteroatoms. The summed E-state index contributed by atoms with van der Waals surface area (Å²) < 4.78 is 0. The maximum absolute atomic E-state index is 3.60. The van der Waals surface area contributed by atoms with E-state index in [-0.39, 0.29) is 0 Å². The highest BCUT2D eigenvalue weighted by Crippen LogP contribution is 2.46. The van der Waals surface area contributed by atoms with Gasteiger partial charge in [-0.2, -0.15) is 0 Å². The van der Waals surface area contributed by atoms with Crippen molar-refractivity contribution >= 4 is 5.69 Å². The van der Waals surface area contributed by atoms with Gasteiger partial charge in [0.2, 0.25) is 0 Å². The molecule has 1 aliphatic carbocycles. The van der Waals surface area contributed by atoms with E-state index in [1.54, 1.807) is 5.57 Å². The molecular formula is C20H31N. The fourth-order valence-corrected chi connectivity index (χ4v) is 3.56. The topological polar surface area (TPSA) is 12.0 Å². The summed E-state index contributed by atoms with van der Waals surface area (Å²) in [6, 6.07) is 10.5. The largest absolute Gasteiger partial charge is 0.385 e. The third-order valence-electron chi connectivity index (χ3n) is 5.05. The normalized spacial score (nSPS) is 21.8. The van der Waals surface area contributed by atoms with Crippen LogP contribution in [0.15, 0.2) is 42.0 Å². The summed E-state index contributed by atoms with van der Waals surface area (Å²) in [6.45, 7) is 13.0. The minimum Gasteiger partial charge on any atom is -0.385 e. The van der Waals surface area contributed by atoms with Gasteiger partial charge in [-0.3, -0.25) is 0 Å². The minimum absolute atomic E-state index is 0.296. The van der Waals surface area contributed by atoms with Gasteiger partial charge in [-0.1, -0.05) is 57.5 Å². The molecule has 1 unspecified atom stereocenters. The molecule has 1 aromatic rings. The van der Waals surface area contributed by atoms with E-state index < -0.39 is 0 Å². The van der Waals surface area contributed by atoms with Crippen LogP contribution in [0, 0.1) is 16.7 Å². The summed E-state index contributed by atoms with van der Waals surface area (Å²) in [4.78, 5) is 0. The molecule has 0 aliphatic heterocycles. The second-order valence-corrected chi connectivity index (χ2v) is 8.12. The molecule has 1 aromatic carbocycles. The molecule has 0 radical (unpaired) electrons. The Kier molecular flexibility index (Phi) is 4.81. The molecule has 1 nitrogen and oxygen atoms in total. The van der Waals surface area contributed by atoms with Gasteiger partial charge in [-0.15, -0.1) is 0 Å². The first-order valence-corrected chi connectivity index (χ1v) is 8.26. The molecule has 0 amide bonds. The molecule has 1 aliphatic rings. The van der Waals surface area contributed by atoms with Crippen LogP contribution in [0.5, 0.6) is 0 Å². The third kappa shape index (κ3) is 4.36. The van der Waals surface area contributed by atoms with Gasteiger partial charge in [-0.05, 0) is 55.1 Å². The van der Waals surface area contributed by atoms with Crippen molar-refractivity contribution in [3.63, 3.8) is 0 Å². The first kappa shape index (κ1) is 16.1. The molecule has 2 rings (SSSR count). The number of hydrogen-bond donors (Lipinski definition) is 1. The highest BCUT2D eigenvalue weighted by atomic mass is 14.9. The number of benzene rings is 1. The van der Waals surface area contributed by atoms with Crippen molar-refractivity contribution in [1.82, 2.24) is 0 Å². The van der Waals surface area contributed by atoms with Crippen LogP contribution >= 0.6 is 0 Å². The zero-order chi connectivity index (χ0) is 15.5. The second kappa shape index (κ2) is 6.25. The number of rotatable bonds is 5. The van der Waals surface area contributed by atoms with Crippen LogP contribution in [0.2, 0.25) is 0 Å². The third-order valence-corrected chi connectivity index (χ3v) is 5.05. The summed E-state index contributed by atoms with van der Waals surface area (Å²) in [5.41, 5.74) is 3.55. The lowest BCUT2D eigenvalue weighted by Crippen LogP contribution is -2.34. The Labute approximate surface area is 130 Å². The minimum atomic E-state index is 0.296. The van der Waals surface area contributed by atoms with E-state index in [4.69, 9.17) is 0 Å². The molecular weight excluding hydrogens is 254 g/mol. The van der Waals surface area contributed by atoms with E-state index in [0.29, 0.717) is 16.7 Å². The Hall–Kier alpha value is -1.24. The van der Waals surface area contributed by atoms with Gasteiger partial charge in [0.05, 0.1) is 0 Å². The van der Waals surface area contributed by atoms with Crippen LogP contribution in [0.4, 0.5) is 5.69 Å². The molecule has 0 aromatic heterocycles. The Morgan fingerprint density at radius 1 is 1.19 bits per heavy atom. The lowest BCUT2D eigenvalue weighted by Gasteiger charge is -2.42. The quantitative estimate of drug-likeness (QED) is 0.664. The summed E-state index contributed by atoms with van der Waals surface area (Å²) in [5, 5.41) is 3.60. The average molecular weight is 285 g/mol. The van der Waals surface area contributed by atoms with Crippen molar-refractivity contribution in [3.05, 3.63) is 42.0 Å². The fraction of sp³-hybridized carbons (Fsp3) is 0.600. The Balaban J connectivity index is 1.99. The molecule has 0 saturated carbocycles. The monoisotopic (exact) mass is 285 g/mol. The SMILES string of the molecule is CC1=CCCC(C)(C)C1CC(C)(C)CNc1ccccc1. The van der Waals surface area contributed by atoms with Crippen molar-refractivity contribution < 1.29 is 0 Å². The summed E-state index contributed by atoms with van der Waals surface area (Å²) >= 11 is 0. The van der Waals surface area contributed by atoms with Crippen LogP contribution in [0.25, 0.3) is 0 Å². The van der Waals surface area contributed by atoms with Crippen LogP contribution in [-0.4, -0.2) is 6.54 Å². The van der Waals surface area contributed by atoms with Crippen molar-refractivity contribution in [1.29, 1.82) is 0 Å². The van der Waals surface area contributed by atoms with Crippen LogP contribution in [-0.2, 0) is 0 Å². The summed E-state index contributed by atoms with van der Waals surface area (Å²) in [6.07, 6.45) is 6.27. The van der Waals surface area contributed by atoms with E-state index in [1.165, 1.54) is 24.9 Å². The predicted octanol–water partition coefficient (Wildman–Crippen LogP) is 5.90. The van der Waals surface area contributed by atoms with Crippen molar-refractivity contribution in [3.8, 4) is 0 Å². The molecule has 0 bridgehead atoms. The first-order valence-electron chi connectivity index (χ1n) is 8.26.